The molecule has 26 heavy (non-hydrogen) atoms. The summed E-state index contributed by atoms with van der Waals surface area (Å²) in [5.41, 5.74) is 3.87. The van der Waals surface area contributed by atoms with Crippen LogP contribution in [-0.4, -0.2) is 30.7 Å². The number of rotatable bonds is 7. The Hall–Kier alpha value is -1.78. The molecule has 1 N–H and O–H groups in total. The summed E-state index contributed by atoms with van der Waals surface area (Å²) in [6.07, 6.45) is 0. The Morgan fingerprint density at radius 1 is 0.962 bits per heavy atom. The van der Waals surface area contributed by atoms with E-state index in [4.69, 9.17) is 0 Å². The van der Waals surface area contributed by atoms with Crippen molar-refractivity contribution in [1.29, 1.82) is 0 Å². The van der Waals surface area contributed by atoms with Crippen LogP contribution in [0.3, 0.4) is 0 Å². The number of thioether (sulfide) groups is 1. The first-order valence-electron chi connectivity index (χ1n) is 8.96. The second-order valence-electron chi connectivity index (χ2n) is 7.89. The van der Waals surface area contributed by atoms with Crippen LogP contribution in [0.15, 0.2) is 53.4 Å². The van der Waals surface area contributed by atoms with Gasteiger partial charge in [-0.05, 0) is 48.3 Å². The molecule has 0 fully saturated rings. The highest BCUT2D eigenvalue weighted by molar-refractivity contribution is 8.00. The summed E-state index contributed by atoms with van der Waals surface area (Å²) < 4.78 is 0. The lowest BCUT2D eigenvalue weighted by molar-refractivity contribution is -0.118. The van der Waals surface area contributed by atoms with Gasteiger partial charge in [0.15, 0.2) is 0 Å². The van der Waals surface area contributed by atoms with E-state index in [-0.39, 0.29) is 11.3 Å². The average molecular weight is 371 g/mol. The third-order valence-electron chi connectivity index (χ3n) is 4.10. The number of nitrogens with zero attached hydrogens (tertiary/aromatic N) is 1. The van der Waals surface area contributed by atoms with Crippen LogP contribution >= 0.6 is 11.8 Å². The van der Waals surface area contributed by atoms with Gasteiger partial charge in [0, 0.05) is 18.0 Å². The Morgan fingerprint density at radius 2 is 1.54 bits per heavy atom. The molecule has 0 radical (unpaired) electrons. The van der Waals surface area contributed by atoms with Crippen molar-refractivity contribution in [2.45, 2.75) is 44.2 Å². The van der Waals surface area contributed by atoms with Gasteiger partial charge in [0.2, 0.25) is 5.91 Å². The number of hydrogen-bond donors (Lipinski definition) is 1. The lowest BCUT2D eigenvalue weighted by Crippen LogP contribution is -2.24. The topological polar surface area (TPSA) is 32.3 Å². The second-order valence-corrected chi connectivity index (χ2v) is 8.94. The molecule has 0 aliphatic carbocycles. The average Bonchev–Trinajstić information content (AvgIpc) is 2.58. The molecule has 3 nitrogen and oxygen atoms in total. The maximum Gasteiger partial charge on any atom is 0.230 e. The molecule has 2 rings (SSSR count). The molecule has 0 spiro atoms. The van der Waals surface area contributed by atoms with E-state index in [1.54, 1.807) is 11.8 Å². The fourth-order valence-corrected chi connectivity index (χ4v) is 3.31. The standard InChI is InChI=1S/C22H30N2OS/c1-22(2,3)19-10-12-20(13-11-19)26-16-21(25)23-14-17-6-8-18(9-7-17)15-24(4)5/h6-13H,14-16H2,1-5H3,(H,23,25). The first-order valence-corrected chi connectivity index (χ1v) is 9.95. The van der Waals surface area contributed by atoms with E-state index in [9.17, 15) is 4.79 Å². The molecule has 0 atom stereocenters. The molecule has 0 aliphatic rings. The van der Waals surface area contributed by atoms with E-state index in [1.807, 2.05) is 0 Å². The minimum absolute atomic E-state index is 0.0623. The molecule has 0 heterocycles. The van der Waals surface area contributed by atoms with Gasteiger partial charge in [0.05, 0.1) is 5.75 Å². The van der Waals surface area contributed by atoms with Crippen molar-refractivity contribution in [3.05, 3.63) is 65.2 Å². The van der Waals surface area contributed by atoms with Crippen molar-refractivity contribution in [3.8, 4) is 0 Å². The molecule has 0 aromatic heterocycles. The molecule has 0 bridgehead atoms. The zero-order valence-corrected chi connectivity index (χ0v) is 17.3. The first kappa shape index (κ1) is 20.5. The number of hydrogen-bond acceptors (Lipinski definition) is 3. The molecule has 0 saturated heterocycles. The van der Waals surface area contributed by atoms with Crippen LogP contribution in [0.2, 0.25) is 0 Å². The summed E-state index contributed by atoms with van der Waals surface area (Å²) in [5, 5.41) is 2.99. The maximum absolute atomic E-state index is 12.1. The third-order valence-corrected chi connectivity index (χ3v) is 5.11. The molecule has 140 valence electrons. The number of benzene rings is 2. The van der Waals surface area contributed by atoms with E-state index in [0.717, 1.165) is 17.0 Å². The van der Waals surface area contributed by atoms with Gasteiger partial charge in [-0.2, -0.15) is 0 Å². The molecule has 4 heteroatoms. The van der Waals surface area contributed by atoms with Crippen molar-refractivity contribution in [2.75, 3.05) is 19.8 Å². The zero-order valence-electron chi connectivity index (χ0n) is 16.5. The van der Waals surface area contributed by atoms with Gasteiger partial charge in [0.25, 0.3) is 0 Å². The highest BCUT2D eigenvalue weighted by Gasteiger charge is 2.13. The van der Waals surface area contributed by atoms with E-state index in [2.05, 4.69) is 93.6 Å². The van der Waals surface area contributed by atoms with Crippen LogP contribution in [-0.2, 0) is 23.3 Å². The summed E-state index contributed by atoms with van der Waals surface area (Å²) in [4.78, 5) is 15.4. The summed E-state index contributed by atoms with van der Waals surface area (Å²) in [5.74, 6) is 0.500. The number of carbonyl (C=O) groups is 1. The van der Waals surface area contributed by atoms with Crippen LogP contribution in [0, 0.1) is 0 Å². The predicted octanol–water partition coefficient (Wildman–Crippen LogP) is 4.45. The van der Waals surface area contributed by atoms with E-state index < -0.39 is 0 Å². The van der Waals surface area contributed by atoms with Crippen molar-refractivity contribution >= 4 is 17.7 Å². The summed E-state index contributed by atoms with van der Waals surface area (Å²) in [6, 6.07) is 16.9. The molecule has 0 saturated carbocycles. The van der Waals surface area contributed by atoms with Crippen LogP contribution in [0.1, 0.15) is 37.5 Å². The number of carbonyl (C=O) groups excluding carboxylic acids is 1. The minimum Gasteiger partial charge on any atom is -0.351 e. The quantitative estimate of drug-likeness (QED) is 0.731. The van der Waals surface area contributed by atoms with Crippen molar-refractivity contribution < 1.29 is 4.79 Å². The summed E-state index contributed by atoms with van der Waals surface area (Å²) in [7, 11) is 4.12. The van der Waals surface area contributed by atoms with E-state index in [1.165, 1.54) is 11.1 Å². The molecule has 2 aromatic carbocycles. The Balaban J connectivity index is 1.76. The summed E-state index contributed by atoms with van der Waals surface area (Å²) in [6.45, 7) is 8.11. The molecule has 0 aliphatic heterocycles. The van der Waals surface area contributed by atoms with Crippen LogP contribution in [0.4, 0.5) is 0 Å². The Labute approximate surface area is 162 Å². The van der Waals surface area contributed by atoms with Crippen LogP contribution in [0.25, 0.3) is 0 Å². The minimum atomic E-state index is 0.0623. The van der Waals surface area contributed by atoms with E-state index >= 15 is 0 Å². The Kier molecular flexibility index (Phi) is 7.30. The first-order chi connectivity index (χ1) is 12.2. The zero-order chi connectivity index (χ0) is 19.2. The van der Waals surface area contributed by atoms with E-state index in [0.29, 0.717) is 12.3 Å². The van der Waals surface area contributed by atoms with Gasteiger partial charge >= 0.3 is 0 Å². The van der Waals surface area contributed by atoms with Crippen molar-refractivity contribution in [2.24, 2.45) is 0 Å². The molecular formula is C22H30N2OS. The highest BCUT2D eigenvalue weighted by atomic mass is 32.2. The van der Waals surface area contributed by atoms with Crippen LogP contribution in [0.5, 0.6) is 0 Å². The number of amides is 1. The van der Waals surface area contributed by atoms with Crippen molar-refractivity contribution in [1.82, 2.24) is 10.2 Å². The third kappa shape index (κ3) is 6.85. The lowest BCUT2D eigenvalue weighted by atomic mass is 9.87. The van der Waals surface area contributed by atoms with Gasteiger partial charge in [-0.15, -0.1) is 11.8 Å². The molecule has 0 unspecified atom stereocenters. The highest BCUT2D eigenvalue weighted by Crippen LogP contribution is 2.25. The van der Waals surface area contributed by atoms with Gasteiger partial charge in [-0.3, -0.25) is 4.79 Å². The SMILES string of the molecule is CN(C)Cc1ccc(CNC(=O)CSc2ccc(C(C)(C)C)cc2)cc1. The van der Waals surface area contributed by atoms with Gasteiger partial charge in [0.1, 0.15) is 0 Å². The molecule has 1 amide bonds. The van der Waals surface area contributed by atoms with Gasteiger partial charge in [-0.1, -0.05) is 57.2 Å². The van der Waals surface area contributed by atoms with Crippen molar-refractivity contribution in [3.63, 3.8) is 0 Å². The fourth-order valence-electron chi connectivity index (χ4n) is 2.58. The molecular weight excluding hydrogens is 340 g/mol. The monoisotopic (exact) mass is 370 g/mol. The van der Waals surface area contributed by atoms with Gasteiger partial charge < -0.3 is 10.2 Å². The Bertz CT molecular complexity index is 700. The number of nitrogens with one attached hydrogen (secondary N) is 1. The Morgan fingerprint density at radius 3 is 2.08 bits per heavy atom. The summed E-state index contributed by atoms with van der Waals surface area (Å²) >= 11 is 1.57. The van der Waals surface area contributed by atoms with Gasteiger partial charge in [-0.25, -0.2) is 0 Å². The fraction of sp³-hybridized carbons (Fsp3) is 0.409. The maximum atomic E-state index is 12.1. The molecule has 2 aromatic rings. The van der Waals surface area contributed by atoms with Crippen LogP contribution < -0.4 is 5.32 Å². The smallest absolute Gasteiger partial charge is 0.230 e. The predicted molar refractivity (Wildman–Crippen MR) is 112 cm³/mol. The lowest BCUT2D eigenvalue weighted by Gasteiger charge is -2.19. The normalized spacial score (nSPS) is 11.6. The second kappa shape index (κ2) is 9.24. The largest absolute Gasteiger partial charge is 0.351 e.